The SMILES string of the molecule is CC1(C)C(Nc2ccnc(N)n2)C1(C)C. The zero-order chi connectivity index (χ0) is 11.3. The van der Waals surface area contributed by atoms with Crippen LogP contribution in [-0.4, -0.2) is 16.0 Å². The molecule has 0 radical (unpaired) electrons. The number of aromatic nitrogens is 2. The van der Waals surface area contributed by atoms with Crippen LogP contribution in [0.3, 0.4) is 0 Å². The van der Waals surface area contributed by atoms with Gasteiger partial charge >= 0.3 is 0 Å². The molecule has 82 valence electrons. The lowest BCUT2D eigenvalue weighted by Gasteiger charge is -2.06. The van der Waals surface area contributed by atoms with Gasteiger partial charge in [-0.2, -0.15) is 4.98 Å². The van der Waals surface area contributed by atoms with Gasteiger partial charge in [0, 0.05) is 12.2 Å². The lowest BCUT2D eigenvalue weighted by atomic mass is 10.0. The molecule has 0 bridgehead atoms. The van der Waals surface area contributed by atoms with E-state index in [1.165, 1.54) is 0 Å². The van der Waals surface area contributed by atoms with Crippen molar-refractivity contribution in [2.45, 2.75) is 33.7 Å². The largest absolute Gasteiger partial charge is 0.368 e. The van der Waals surface area contributed by atoms with E-state index >= 15 is 0 Å². The molecule has 0 atom stereocenters. The Morgan fingerprint density at radius 3 is 2.33 bits per heavy atom. The molecule has 15 heavy (non-hydrogen) atoms. The van der Waals surface area contributed by atoms with E-state index in [4.69, 9.17) is 5.73 Å². The highest BCUT2D eigenvalue weighted by Gasteiger charge is 2.65. The zero-order valence-electron chi connectivity index (χ0n) is 9.70. The first-order valence-corrected chi connectivity index (χ1v) is 5.21. The smallest absolute Gasteiger partial charge is 0.221 e. The van der Waals surface area contributed by atoms with E-state index in [0.717, 1.165) is 5.82 Å². The number of nitrogens with two attached hydrogens (primary N) is 1. The lowest BCUT2D eigenvalue weighted by Crippen LogP contribution is -2.12. The van der Waals surface area contributed by atoms with Crippen molar-refractivity contribution in [1.29, 1.82) is 0 Å². The van der Waals surface area contributed by atoms with Crippen LogP contribution in [0.2, 0.25) is 0 Å². The molecule has 1 aromatic rings. The molecule has 0 spiro atoms. The standard InChI is InChI=1S/C11H18N4/c1-10(2)8(11(10,3)4)14-7-5-6-13-9(12)15-7/h5-6,8H,1-4H3,(H3,12,13,14,15). The fraction of sp³-hybridized carbons (Fsp3) is 0.636. The molecule has 1 aromatic heterocycles. The Morgan fingerprint density at radius 1 is 1.27 bits per heavy atom. The van der Waals surface area contributed by atoms with E-state index in [-0.39, 0.29) is 0 Å². The minimum atomic E-state index is 0.298. The number of rotatable bonds is 2. The van der Waals surface area contributed by atoms with Crippen LogP contribution < -0.4 is 11.1 Å². The minimum absolute atomic E-state index is 0.298. The lowest BCUT2D eigenvalue weighted by molar-refractivity contribution is 0.457. The quantitative estimate of drug-likeness (QED) is 0.775. The van der Waals surface area contributed by atoms with Crippen LogP contribution in [-0.2, 0) is 0 Å². The fourth-order valence-corrected chi connectivity index (χ4v) is 2.16. The molecule has 1 aliphatic rings. The number of nitrogens with one attached hydrogen (secondary N) is 1. The third kappa shape index (κ3) is 1.44. The normalized spacial score (nSPS) is 22.4. The van der Waals surface area contributed by atoms with Gasteiger partial charge in [-0.15, -0.1) is 0 Å². The van der Waals surface area contributed by atoms with Crippen LogP contribution in [0.15, 0.2) is 12.3 Å². The molecule has 0 unspecified atom stereocenters. The van der Waals surface area contributed by atoms with Crippen molar-refractivity contribution >= 4 is 11.8 Å². The maximum atomic E-state index is 5.53. The van der Waals surface area contributed by atoms with Gasteiger partial charge in [0.05, 0.1) is 0 Å². The highest BCUT2D eigenvalue weighted by molar-refractivity contribution is 5.43. The Bertz CT molecular complexity index is 370. The van der Waals surface area contributed by atoms with Gasteiger partial charge in [-0.05, 0) is 16.9 Å². The van der Waals surface area contributed by atoms with E-state index in [9.17, 15) is 0 Å². The summed E-state index contributed by atoms with van der Waals surface area (Å²) in [5, 5.41) is 3.41. The third-order valence-corrected chi connectivity index (χ3v) is 3.99. The molecular weight excluding hydrogens is 188 g/mol. The van der Waals surface area contributed by atoms with Crippen molar-refractivity contribution in [3.63, 3.8) is 0 Å². The van der Waals surface area contributed by atoms with Crippen molar-refractivity contribution in [3.05, 3.63) is 12.3 Å². The molecule has 0 aromatic carbocycles. The van der Waals surface area contributed by atoms with Crippen LogP contribution in [0.5, 0.6) is 0 Å². The summed E-state index contributed by atoms with van der Waals surface area (Å²) in [5.41, 5.74) is 6.12. The summed E-state index contributed by atoms with van der Waals surface area (Å²) in [5.74, 6) is 1.13. The molecule has 1 fully saturated rings. The Hall–Kier alpha value is -1.32. The van der Waals surface area contributed by atoms with Crippen LogP contribution >= 0.6 is 0 Å². The van der Waals surface area contributed by atoms with Gasteiger partial charge in [-0.25, -0.2) is 4.98 Å². The van der Waals surface area contributed by atoms with Crippen molar-refractivity contribution < 1.29 is 0 Å². The molecule has 1 aliphatic carbocycles. The molecule has 0 amide bonds. The van der Waals surface area contributed by atoms with E-state index in [0.29, 0.717) is 22.8 Å². The summed E-state index contributed by atoms with van der Waals surface area (Å²) in [4.78, 5) is 8.01. The van der Waals surface area contributed by atoms with Crippen LogP contribution in [0.25, 0.3) is 0 Å². The summed E-state index contributed by atoms with van der Waals surface area (Å²) in [6, 6.07) is 2.29. The number of nitrogens with zero attached hydrogens (tertiary/aromatic N) is 2. The summed E-state index contributed by atoms with van der Waals surface area (Å²) >= 11 is 0. The molecule has 2 rings (SSSR count). The summed E-state index contributed by atoms with van der Waals surface area (Å²) in [6.07, 6.45) is 1.67. The average Bonchev–Trinajstić information content (AvgIpc) is 2.48. The van der Waals surface area contributed by atoms with E-state index < -0.39 is 0 Å². The first-order valence-electron chi connectivity index (χ1n) is 5.21. The summed E-state index contributed by atoms with van der Waals surface area (Å²) in [6.45, 7) is 9.04. The van der Waals surface area contributed by atoms with Gasteiger partial charge in [-0.1, -0.05) is 27.7 Å². The van der Waals surface area contributed by atoms with Gasteiger partial charge in [0.25, 0.3) is 0 Å². The number of anilines is 2. The molecule has 4 nitrogen and oxygen atoms in total. The first kappa shape index (κ1) is 10.2. The minimum Gasteiger partial charge on any atom is -0.368 e. The predicted octanol–water partition coefficient (Wildman–Crippen LogP) is 1.91. The Balaban J connectivity index is 2.12. The number of hydrogen-bond donors (Lipinski definition) is 2. The van der Waals surface area contributed by atoms with Gasteiger partial charge < -0.3 is 11.1 Å². The van der Waals surface area contributed by atoms with E-state index in [1.54, 1.807) is 6.20 Å². The molecule has 0 saturated heterocycles. The first-order chi connectivity index (χ1) is 6.85. The average molecular weight is 206 g/mol. The second-order valence-electron chi connectivity index (χ2n) is 5.32. The molecule has 1 saturated carbocycles. The van der Waals surface area contributed by atoms with Crippen LogP contribution in [0.4, 0.5) is 11.8 Å². The molecular formula is C11H18N4. The van der Waals surface area contributed by atoms with Crippen LogP contribution in [0, 0.1) is 10.8 Å². The molecule has 1 heterocycles. The Labute approximate surface area is 90.3 Å². The maximum Gasteiger partial charge on any atom is 0.221 e. The highest BCUT2D eigenvalue weighted by atomic mass is 15.1. The fourth-order valence-electron chi connectivity index (χ4n) is 2.16. The van der Waals surface area contributed by atoms with Gasteiger partial charge in [0.1, 0.15) is 5.82 Å². The monoisotopic (exact) mass is 206 g/mol. The number of nitrogen functional groups attached to an aromatic ring is 1. The summed E-state index contributed by atoms with van der Waals surface area (Å²) in [7, 11) is 0. The predicted molar refractivity (Wildman–Crippen MR) is 61.4 cm³/mol. The summed E-state index contributed by atoms with van der Waals surface area (Å²) < 4.78 is 0. The Morgan fingerprint density at radius 2 is 1.87 bits per heavy atom. The highest BCUT2D eigenvalue weighted by Crippen LogP contribution is 2.63. The zero-order valence-corrected chi connectivity index (χ0v) is 9.70. The third-order valence-electron chi connectivity index (χ3n) is 3.99. The van der Waals surface area contributed by atoms with Crippen molar-refractivity contribution in [2.75, 3.05) is 11.1 Å². The topological polar surface area (TPSA) is 63.8 Å². The molecule has 3 N–H and O–H groups in total. The van der Waals surface area contributed by atoms with Gasteiger partial charge in [-0.3, -0.25) is 0 Å². The van der Waals surface area contributed by atoms with Crippen LogP contribution in [0.1, 0.15) is 27.7 Å². The van der Waals surface area contributed by atoms with E-state index in [1.807, 2.05) is 6.07 Å². The number of hydrogen-bond acceptors (Lipinski definition) is 4. The van der Waals surface area contributed by atoms with Crippen molar-refractivity contribution in [1.82, 2.24) is 9.97 Å². The molecule has 0 aliphatic heterocycles. The van der Waals surface area contributed by atoms with Crippen molar-refractivity contribution in [2.24, 2.45) is 10.8 Å². The van der Waals surface area contributed by atoms with Gasteiger partial charge in [0.2, 0.25) is 5.95 Å². The second-order valence-corrected chi connectivity index (χ2v) is 5.32. The van der Waals surface area contributed by atoms with Crippen molar-refractivity contribution in [3.8, 4) is 0 Å². The second kappa shape index (κ2) is 2.84. The maximum absolute atomic E-state index is 5.53. The Kier molecular flexibility index (Phi) is 1.93. The van der Waals surface area contributed by atoms with Gasteiger partial charge in [0.15, 0.2) is 0 Å². The van der Waals surface area contributed by atoms with E-state index in [2.05, 4.69) is 43.0 Å². The molecule has 4 heteroatoms.